The van der Waals surface area contributed by atoms with Crippen molar-refractivity contribution in [3.05, 3.63) is 0 Å². The molecule has 1 heterocycles. The van der Waals surface area contributed by atoms with Crippen molar-refractivity contribution in [1.29, 1.82) is 0 Å². The van der Waals surface area contributed by atoms with Crippen molar-refractivity contribution < 1.29 is 4.74 Å². The van der Waals surface area contributed by atoms with Gasteiger partial charge >= 0.3 is 0 Å². The Balaban J connectivity index is 2.18. The van der Waals surface area contributed by atoms with Crippen LogP contribution in [-0.4, -0.2) is 26.3 Å². The van der Waals surface area contributed by atoms with Gasteiger partial charge in [-0.05, 0) is 38.6 Å². The minimum Gasteiger partial charge on any atom is -0.381 e. The van der Waals surface area contributed by atoms with Gasteiger partial charge in [0.2, 0.25) is 0 Å². The maximum atomic E-state index is 5.33. The predicted octanol–water partition coefficient (Wildman–Crippen LogP) is 1.80. The van der Waals surface area contributed by atoms with Crippen molar-refractivity contribution in [3.8, 4) is 0 Å². The van der Waals surface area contributed by atoms with Gasteiger partial charge in [-0.15, -0.1) is 0 Å². The van der Waals surface area contributed by atoms with E-state index in [1.165, 1.54) is 25.7 Å². The smallest absolute Gasteiger partial charge is 0.0468 e. The Morgan fingerprint density at radius 3 is 2.58 bits per heavy atom. The monoisotopic (exact) mass is 171 g/mol. The van der Waals surface area contributed by atoms with E-state index in [1.54, 1.807) is 0 Å². The zero-order chi connectivity index (χ0) is 8.81. The van der Waals surface area contributed by atoms with E-state index in [2.05, 4.69) is 19.3 Å². The highest BCUT2D eigenvalue weighted by Crippen LogP contribution is 2.20. The standard InChI is InChI=1S/C10H21NO/c1-3-10(11-2)8-9-4-6-12-7-5-9/h9-11H,3-8H2,1-2H3. The molecule has 2 nitrogen and oxygen atoms in total. The highest BCUT2D eigenvalue weighted by atomic mass is 16.5. The van der Waals surface area contributed by atoms with Crippen molar-refractivity contribution in [2.75, 3.05) is 20.3 Å². The van der Waals surface area contributed by atoms with Crippen LogP contribution in [0.3, 0.4) is 0 Å². The lowest BCUT2D eigenvalue weighted by Gasteiger charge is -2.25. The van der Waals surface area contributed by atoms with E-state index in [4.69, 9.17) is 4.74 Å². The SMILES string of the molecule is CCC(CC1CCOCC1)NC. The van der Waals surface area contributed by atoms with E-state index in [1.807, 2.05) is 0 Å². The third-order valence-corrected chi connectivity index (χ3v) is 2.86. The predicted molar refractivity (Wildman–Crippen MR) is 51.3 cm³/mol. The summed E-state index contributed by atoms with van der Waals surface area (Å²) in [4.78, 5) is 0. The van der Waals surface area contributed by atoms with E-state index in [0.29, 0.717) is 6.04 Å². The van der Waals surface area contributed by atoms with Crippen molar-refractivity contribution in [1.82, 2.24) is 5.32 Å². The molecule has 0 amide bonds. The summed E-state index contributed by atoms with van der Waals surface area (Å²) in [6.45, 7) is 4.20. The van der Waals surface area contributed by atoms with Gasteiger partial charge in [0.05, 0.1) is 0 Å². The fraction of sp³-hybridized carbons (Fsp3) is 1.00. The molecule has 2 heteroatoms. The van der Waals surface area contributed by atoms with Crippen LogP contribution >= 0.6 is 0 Å². The minimum absolute atomic E-state index is 0.716. The largest absolute Gasteiger partial charge is 0.381 e. The first-order chi connectivity index (χ1) is 5.86. The molecule has 1 aliphatic heterocycles. The first kappa shape index (κ1) is 10.0. The summed E-state index contributed by atoms with van der Waals surface area (Å²) >= 11 is 0. The Hall–Kier alpha value is -0.0800. The Labute approximate surface area is 75.7 Å². The first-order valence-electron chi connectivity index (χ1n) is 5.11. The van der Waals surface area contributed by atoms with Gasteiger partial charge < -0.3 is 10.1 Å². The molecule has 0 aromatic heterocycles. The van der Waals surface area contributed by atoms with Crippen molar-refractivity contribution in [3.63, 3.8) is 0 Å². The summed E-state index contributed by atoms with van der Waals surface area (Å²) in [7, 11) is 2.06. The number of hydrogen-bond donors (Lipinski definition) is 1. The van der Waals surface area contributed by atoms with Crippen molar-refractivity contribution >= 4 is 0 Å². The van der Waals surface area contributed by atoms with Gasteiger partial charge in [0, 0.05) is 19.3 Å². The lowest BCUT2D eigenvalue weighted by molar-refractivity contribution is 0.0607. The third-order valence-electron chi connectivity index (χ3n) is 2.86. The zero-order valence-electron chi connectivity index (χ0n) is 8.31. The van der Waals surface area contributed by atoms with E-state index in [0.717, 1.165) is 19.1 Å². The lowest BCUT2D eigenvalue weighted by Crippen LogP contribution is -2.29. The molecule has 0 radical (unpaired) electrons. The lowest BCUT2D eigenvalue weighted by atomic mass is 9.92. The number of rotatable bonds is 4. The van der Waals surface area contributed by atoms with E-state index in [-0.39, 0.29) is 0 Å². The Morgan fingerprint density at radius 1 is 1.42 bits per heavy atom. The van der Waals surface area contributed by atoms with Crippen LogP contribution in [0.2, 0.25) is 0 Å². The summed E-state index contributed by atoms with van der Waals surface area (Å²) in [5.41, 5.74) is 0. The second-order valence-electron chi connectivity index (χ2n) is 3.69. The molecule has 1 rings (SSSR count). The number of nitrogens with one attached hydrogen (secondary N) is 1. The molecule has 0 aromatic carbocycles. The molecule has 12 heavy (non-hydrogen) atoms. The summed E-state index contributed by atoms with van der Waals surface area (Å²) in [6.07, 6.45) is 5.10. The molecule has 1 atom stereocenters. The van der Waals surface area contributed by atoms with E-state index >= 15 is 0 Å². The summed E-state index contributed by atoms with van der Waals surface area (Å²) < 4.78 is 5.33. The molecule has 1 aliphatic rings. The highest BCUT2D eigenvalue weighted by molar-refractivity contribution is 4.71. The van der Waals surface area contributed by atoms with Crippen LogP contribution in [-0.2, 0) is 4.74 Å². The molecule has 1 saturated heterocycles. The average Bonchev–Trinajstić information content (AvgIpc) is 2.16. The van der Waals surface area contributed by atoms with Gasteiger partial charge in [-0.3, -0.25) is 0 Å². The normalized spacial score (nSPS) is 22.5. The fourth-order valence-electron chi connectivity index (χ4n) is 1.87. The minimum atomic E-state index is 0.716. The van der Waals surface area contributed by atoms with Crippen LogP contribution < -0.4 is 5.32 Å². The second-order valence-corrected chi connectivity index (χ2v) is 3.69. The zero-order valence-corrected chi connectivity index (χ0v) is 8.31. The third kappa shape index (κ3) is 3.11. The van der Waals surface area contributed by atoms with Crippen LogP contribution in [0, 0.1) is 5.92 Å². The average molecular weight is 171 g/mol. The van der Waals surface area contributed by atoms with E-state index in [9.17, 15) is 0 Å². The molecule has 1 fully saturated rings. The summed E-state index contributed by atoms with van der Waals surface area (Å²) in [6, 6.07) is 0.716. The topological polar surface area (TPSA) is 21.3 Å². The van der Waals surface area contributed by atoms with Crippen LogP contribution in [0.15, 0.2) is 0 Å². The molecule has 1 unspecified atom stereocenters. The Bertz CT molecular complexity index is 106. The maximum Gasteiger partial charge on any atom is 0.0468 e. The molecule has 0 bridgehead atoms. The van der Waals surface area contributed by atoms with Gasteiger partial charge in [-0.1, -0.05) is 6.92 Å². The number of ether oxygens (including phenoxy) is 1. The highest BCUT2D eigenvalue weighted by Gasteiger charge is 2.16. The summed E-state index contributed by atoms with van der Waals surface area (Å²) in [5.74, 6) is 0.899. The molecular formula is C10H21NO. The van der Waals surface area contributed by atoms with Crippen molar-refractivity contribution in [2.45, 2.75) is 38.6 Å². The first-order valence-corrected chi connectivity index (χ1v) is 5.11. The van der Waals surface area contributed by atoms with E-state index < -0.39 is 0 Å². The summed E-state index contributed by atoms with van der Waals surface area (Å²) in [5, 5.41) is 3.36. The van der Waals surface area contributed by atoms with Crippen LogP contribution in [0.25, 0.3) is 0 Å². The van der Waals surface area contributed by atoms with Gasteiger partial charge in [-0.25, -0.2) is 0 Å². The molecule has 0 spiro atoms. The Kier molecular flexibility index (Phi) is 4.62. The number of hydrogen-bond acceptors (Lipinski definition) is 2. The molecule has 1 N–H and O–H groups in total. The van der Waals surface area contributed by atoms with Crippen LogP contribution in [0.1, 0.15) is 32.6 Å². The molecular weight excluding hydrogens is 150 g/mol. The maximum absolute atomic E-state index is 5.33. The van der Waals surface area contributed by atoms with Crippen LogP contribution in [0.5, 0.6) is 0 Å². The molecule has 0 aliphatic carbocycles. The van der Waals surface area contributed by atoms with Gasteiger partial charge in [0.15, 0.2) is 0 Å². The molecule has 72 valence electrons. The van der Waals surface area contributed by atoms with Gasteiger partial charge in [0.1, 0.15) is 0 Å². The van der Waals surface area contributed by atoms with Crippen LogP contribution in [0.4, 0.5) is 0 Å². The van der Waals surface area contributed by atoms with Gasteiger partial charge in [-0.2, -0.15) is 0 Å². The quantitative estimate of drug-likeness (QED) is 0.696. The Morgan fingerprint density at radius 2 is 2.08 bits per heavy atom. The fourth-order valence-corrected chi connectivity index (χ4v) is 1.87. The van der Waals surface area contributed by atoms with Gasteiger partial charge in [0.25, 0.3) is 0 Å². The van der Waals surface area contributed by atoms with Crippen molar-refractivity contribution in [2.24, 2.45) is 5.92 Å². The molecule has 0 aromatic rings. The second kappa shape index (κ2) is 5.55. The molecule has 0 saturated carbocycles.